The monoisotopic (exact) mass is 438 g/mol. The van der Waals surface area contributed by atoms with Crippen molar-refractivity contribution in [3.63, 3.8) is 0 Å². The number of sulfone groups is 1. The van der Waals surface area contributed by atoms with Crippen LogP contribution in [0.25, 0.3) is 11.5 Å². The maximum atomic E-state index is 14.3. The van der Waals surface area contributed by atoms with Gasteiger partial charge in [0.2, 0.25) is 26.6 Å². The van der Waals surface area contributed by atoms with E-state index in [1.165, 1.54) is 30.3 Å². The van der Waals surface area contributed by atoms with Gasteiger partial charge in [-0.3, -0.25) is 0 Å². The Kier molecular flexibility index (Phi) is 5.73. The molecule has 0 bridgehead atoms. The lowest BCUT2D eigenvalue weighted by Crippen LogP contribution is -2.07. The quantitative estimate of drug-likeness (QED) is 0.440. The number of ether oxygens (including phenoxy) is 1. The standard InChI is InChI=1S/C23H19FN2O4S/c1-29-17-13-11-16(12-14-17)15-25-22-23(31(27,28)18-7-3-2-4-8-18)26-21(30-22)19-9-5-6-10-20(19)24/h2-14,25H,15H2,1H3. The normalized spacial score (nSPS) is 11.3. The molecule has 0 unspecified atom stereocenters. The first-order valence-corrected chi connectivity index (χ1v) is 10.9. The van der Waals surface area contributed by atoms with Gasteiger partial charge in [0.15, 0.2) is 0 Å². The Morgan fingerprint density at radius 2 is 1.65 bits per heavy atom. The molecule has 0 saturated carbocycles. The highest BCUT2D eigenvalue weighted by Crippen LogP contribution is 2.33. The minimum absolute atomic E-state index is 0.0575. The Morgan fingerprint density at radius 1 is 0.968 bits per heavy atom. The molecule has 0 aliphatic carbocycles. The largest absolute Gasteiger partial charge is 0.497 e. The summed E-state index contributed by atoms with van der Waals surface area (Å²) in [6, 6.07) is 21.1. The van der Waals surface area contributed by atoms with Crippen LogP contribution in [0.15, 0.2) is 93.2 Å². The molecule has 158 valence electrons. The van der Waals surface area contributed by atoms with Crippen molar-refractivity contribution in [3.05, 3.63) is 90.2 Å². The number of oxazole rings is 1. The molecule has 0 fully saturated rings. The lowest BCUT2D eigenvalue weighted by Gasteiger charge is -2.07. The summed E-state index contributed by atoms with van der Waals surface area (Å²) < 4.78 is 51.5. The molecule has 4 rings (SSSR count). The third kappa shape index (κ3) is 4.29. The summed E-state index contributed by atoms with van der Waals surface area (Å²) in [6.45, 7) is 0.271. The Balaban J connectivity index is 1.74. The van der Waals surface area contributed by atoms with E-state index >= 15 is 0 Å². The smallest absolute Gasteiger partial charge is 0.234 e. The number of nitrogens with one attached hydrogen (secondary N) is 1. The SMILES string of the molecule is COc1ccc(CNc2oc(-c3ccccc3F)nc2S(=O)(=O)c2ccccc2)cc1. The molecule has 0 aliphatic heterocycles. The third-order valence-electron chi connectivity index (χ3n) is 4.62. The third-order valence-corrected chi connectivity index (χ3v) is 6.30. The van der Waals surface area contributed by atoms with Crippen molar-refractivity contribution in [3.8, 4) is 17.2 Å². The fraction of sp³-hybridized carbons (Fsp3) is 0.0870. The number of hydrogen-bond acceptors (Lipinski definition) is 6. The Bertz CT molecular complexity index is 1290. The van der Waals surface area contributed by atoms with Crippen molar-refractivity contribution in [2.45, 2.75) is 16.5 Å². The first kappa shape index (κ1) is 20.6. The van der Waals surface area contributed by atoms with Crippen LogP contribution in [0, 0.1) is 5.82 Å². The number of halogens is 1. The fourth-order valence-corrected chi connectivity index (χ4v) is 4.29. The van der Waals surface area contributed by atoms with Crippen LogP contribution in [0.2, 0.25) is 0 Å². The number of rotatable bonds is 7. The summed E-state index contributed by atoms with van der Waals surface area (Å²) in [5.74, 6) is -0.0329. The summed E-state index contributed by atoms with van der Waals surface area (Å²) in [4.78, 5) is 4.22. The topological polar surface area (TPSA) is 81.4 Å². The highest BCUT2D eigenvalue weighted by molar-refractivity contribution is 7.91. The van der Waals surface area contributed by atoms with Crippen LogP contribution in [0.5, 0.6) is 5.75 Å². The zero-order chi connectivity index (χ0) is 21.8. The molecule has 1 heterocycles. The van der Waals surface area contributed by atoms with Crippen molar-refractivity contribution in [1.82, 2.24) is 4.98 Å². The van der Waals surface area contributed by atoms with Crippen LogP contribution < -0.4 is 10.1 Å². The van der Waals surface area contributed by atoms with Gasteiger partial charge in [0.25, 0.3) is 0 Å². The lowest BCUT2D eigenvalue weighted by atomic mass is 10.2. The van der Waals surface area contributed by atoms with Gasteiger partial charge >= 0.3 is 0 Å². The molecular formula is C23H19FN2O4S. The molecule has 4 aromatic rings. The summed E-state index contributed by atoms with van der Waals surface area (Å²) >= 11 is 0. The molecule has 0 radical (unpaired) electrons. The average molecular weight is 438 g/mol. The van der Waals surface area contributed by atoms with E-state index in [1.807, 2.05) is 12.1 Å². The van der Waals surface area contributed by atoms with Crippen LogP contribution in [-0.4, -0.2) is 20.5 Å². The second-order valence-electron chi connectivity index (χ2n) is 6.65. The minimum Gasteiger partial charge on any atom is -0.497 e. The summed E-state index contributed by atoms with van der Waals surface area (Å²) in [6.07, 6.45) is 0. The van der Waals surface area contributed by atoms with E-state index < -0.39 is 15.7 Å². The maximum absolute atomic E-state index is 14.3. The van der Waals surface area contributed by atoms with Crippen molar-refractivity contribution in [2.75, 3.05) is 12.4 Å². The van der Waals surface area contributed by atoms with Gasteiger partial charge in [0, 0.05) is 6.54 Å². The van der Waals surface area contributed by atoms with E-state index in [9.17, 15) is 12.8 Å². The van der Waals surface area contributed by atoms with Gasteiger partial charge in [-0.1, -0.05) is 42.5 Å². The van der Waals surface area contributed by atoms with Gasteiger partial charge in [0.1, 0.15) is 11.6 Å². The number of methoxy groups -OCH3 is 1. The zero-order valence-electron chi connectivity index (χ0n) is 16.6. The molecule has 1 N–H and O–H groups in total. The number of anilines is 1. The van der Waals surface area contributed by atoms with Crippen LogP contribution in [0.1, 0.15) is 5.56 Å². The van der Waals surface area contributed by atoms with Crippen molar-refractivity contribution in [1.29, 1.82) is 0 Å². The molecule has 0 saturated heterocycles. The molecule has 6 nitrogen and oxygen atoms in total. The molecule has 0 spiro atoms. The van der Waals surface area contributed by atoms with Crippen molar-refractivity contribution >= 4 is 15.7 Å². The molecule has 0 aliphatic rings. The first-order valence-electron chi connectivity index (χ1n) is 9.41. The Labute approximate surface area is 179 Å². The van der Waals surface area contributed by atoms with E-state index in [-0.39, 0.29) is 33.8 Å². The predicted molar refractivity (Wildman–Crippen MR) is 114 cm³/mol. The number of benzene rings is 3. The van der Waals surface area contributed by atoms with Gasteiger partial charge in [-0.25, -0.2) is 12.8 Å². The molecule has 0 atom stereocenters. The maximum Gasteiger partial charge on any atom is 0.234 e. The molecule has 31 heavy (non-hydrogen) atoms. The second kappa shape index (κ2) is 8.61. The summed E-state index contributed by atoms with van der Waals surface area (Å²) in [5, 5.41) is 2.68. The minimum atomic E-state index is -3.99. The predicted octanol–water partition coefficient (Wildman–Crippen LogP) is 4.93. The zero-order valence-corrected chi connectivity index (χ0v) is 17.4. The second-order valence-corrected chi connectivity index (χ2v) is 8.52. The molecule has 1 aromatic heterocycles. The number of aromatic nitrogens is 1. The lowest BCUT2D eigenvalue weighted by molar-refractivity contribution is 0.414. The van der Waals surface area contributed by atoms with Crippen LogP contribution >= 0.6 is 0 Å². The van der Waals surface area contributed by atoms with Gasteiger partial charge in [-0.2, -0.15) is 4.98 Å². The average Bonchev–Trinajstić information content (AvgIpc) is 3.24. The van der Waals surface area contributed by atoms with Crippen LogP contribution in [0.4, 0.5) is 10.3 Å². The van der Waals surface area contributed by atoms with E-state index in [2.05, 4.69) is 10.3 Å². The van der Waals surface area contributed by atoms with Gasteiger partial charge in [0.05, 0.1) is 17.6 Å². The Hall–Kier alpha value is -3.65. The van der Waals surface area contributed by atoms with E-state index in [0.29, 0.717) is 5.75 Å². The number of nitrogens with zero attached hydrogens (tertiary/aromatic N) is 1. The van der Waals surface area contributed by atoms with E-state index in [4.69, 9.17) is 9.15 Å². The summed E-state index contributed by atoms with van der Waals surface area (Å²) in [7, 11) is -2.42. The van der Waals surface area contributed by atoms with Gasteiger partial charge < -0.3 is 14.5 Å². The van der Waals surface area contributed by atoms with E-state index in [0.717, 1.165) is 5.56 Å². The molecule has 3 aromatic carbocycles. The van der Waals surface area contributed by atoms with Gasteiger partial charge in [-0.05, 0) is 42.0 Å². The number of hydrogen-bond donors (Lipinski definition) is 1. The van der Waals surface area contributed by atoms with Crippen LogP contribution in [-0.2, 0) is 16.4 Å². The highest BCUT2D eigenvalue weighted by atomic mass is 32.2. The Morgan fingerprint density at radius 3 is 2.32 bits per heavy atom. The first-order chi connectivity index (χ1) is 15.0. The summed E-state index contributed by atoms with van der Waals surface area (Å²) in [5.41, 5.74) is 0.942. The molecular weight excluding hydrogens is 419 g/mol. The fourth-order valence-electron chi connectivity index (χ4n) is 2.99. The highest BCUT2D eigenvalue weighted by Gasteiger charge is 2.29. The van der Waals surface area contributed by atoms with Crippen molar-refractivity contribution in [2.24, 2.45) is 0 Å². The van der Waals surface area contributed by atoms with E-state index in [1.54, 1.807) is 43.5 Å². The molecule has 8 heteroatoms. The van der Waals surface area contributed by atoms with Crippen molar-refractivity contribution < 1.29 is 22.0 Å². The van der Waals surface area contributed by atoms with Crippen LogP contribution in [0.3, 0.4) is 0 Å². The molecule has 0 amide bonds. The van der Waals surface area contributed by atoms with Gasteiger partial charge in [-0.15, -0.1) is 0 Å².